The maximum absolute atomic E-state index is 3.82. The lowest BCUT2D eigenvalue weighted by Gasteiger charge is -2.13. The van der Waals surface area contributed by atoms with Crippen LogP contribution in [0.4, 0.5) is 0 Å². The smallest absolute Gasteiger partial charge is 0.0181 e. The van der Waals surface area contributed by atoms with Gasteiger partial charge in [-0.2, -0.15) is 0 Å². The molecular weight excluding hydrogens is 240 g/mol. The van der Waals surface area contributed by atoms with Crippen molar-refractivity contribution in [3.05, 3.63) is 65.8 Å². The lowest BCUT2D eigenvalue weighted by atomic mass is 9.92. The molecule has 2 rings (SSSR count). The van der Waals surface area contributed by atoms with Crippen LogP contribution in [0.2, 0.25) is 0 Å². The van der Waals surface area contributed by atoms with Crippen molar-refractivity contribution >= 4 is 5.57 Å². The Hall–Kier alpha value is -1.56. The molecule has 0 aromatic heterocycles. The largest absolute Gasteiger partial charge is 0.0990 e. The van der Waals surface area contributed by atoms with Crippen molar-refractivity contribution in [1.82, 2.24) is 0 Å². The first-order chi connectivity index (χ1) is 9.74. The highest BCUT2D eigenvalue weighted by molar-refractivity contribution is 5.75. The highest BCUT2D eigenvalue weighted by atomic mass is 14.2. The number of aryl methyl sites for hydroxylation is 1. The number of hydrogen-bond acceptors (Lipinski definition) is 0. The monoisotopic (exact) mass is 266 g/mol. The van der Waals surface area contributed by atoms with Gasteiger partial charge in [-0.15, -0.1) is 0 Å². The third-order valence-electron chi connectivity index (χ3n) is 4.31. The zero-order valence-electron chi connectivity index (χ0n) is 12.9. The number of allylic oxidation sites excluding steroid dienone is 5. The van der Waals surface area contributed by atoms with E-state index in [4.69, 9.17) is 0 Å². The molecule has 1 aliphatic rings. The number of rotatable bonds is 5. The van der Waals surface area contributed by atoms with Gasteiger partial charge < -0.3 is 0 Å². The van der Waals surface area contributed by atoms with Crippen molar-refractivity contribution in [1.29, 1.82) is 0 Å². The Balaban J connectivity index is 2.26. The SMILES string of the molecule is C=C/C=C(\C=C/C)c1ccc(C)c(CC2CCCC2)c1. The Labute approximate surface area is 123 Å². The van der Waals surface area contributed by atoms with Crippen molar-refractivity contribution in [2.45, 2.75) is 46.0 Å². The summed E-state index contributed by atoms with van der Waals surface area (Å²) in [6.07, 6.45) is 15.1. The Morgan fingerprint density at radius 1 is 1.30 bits per heavy atom. The van der Waals surface area contributed by atoms with Crippen LogP contribution >= 0.6 is 0 Å². The maximum Gasteiger partial charge on any atom is -0.0181 e. The van der Waals surface area contributed by atoms with Gasteiger partial charge in [-0.25, -0.2) is 0 Å². The molecule has 0 heteroatoms. The van der Waals surface area contributed by atoms with Gasteiger partial charge >= 0.3 is 0 Å². The van der Waals surface area contributed by atoms with Crippen LogP contribution in [0.25, 0.3) is 5.57 Å². The summed E-state index contributed by atoms with van der Waals surface area (Å²) in [5.74, 6) is 0.900. The maximum atomic E-state index is 3.82. The van der Waals surface area contributed by atoms with E-state index < -0.39 is 0 Å². The van der Waals surface area contributed by atoms with Crippen LogP contribution < -0.4 is 0 Å². The third kappa shape index (κ3) is 3.72. The first-order valence-electron chi connectivity index (χ1n) is 7.80. The highest BCUT2D eigenvalue weighted by Crippen LogP contribution is 2.30. The van der Waals surface area contributed by atoms with Gasteiger partial charge in [-0.1, -0.05) is 74.8 Å². The quantitative estimate of drug-likeness (QED) is 0.584. The van der Waals surface area contributed by atoms with Gasteiger partial charge in [0.2, 0.25) is 0 Å². The van der Waals surface area contributed by atoms with Gasteiger partial charge in [0.1, 0.15) is 0 Å². The molecule has 0 saturated heterocycles. The summed E-state index contributed by atoms with van der Waals surface area (Å²) in [6.45, 7) is 8.12. The third-order valence-corrected chi connectivity index (χ3v) is 4.31. The molecule has 0 radical (unpaired) electrons. The molecule has 0 N–H and O–H groups in total. The van der Waals surface area contributed by atoms with Gasteiger partial charge in [0.25, 0.3) is 0 Å². The van der Waals surface area contributed by atoms with Crippen molar-refractivity contribution in [3.63, 3.8) is 0 Å². The van der Waals surface area contributed by atoms with Crippen LogP contribution in [0, 0.1) is 12.8 Å². The predicted octanol–water partition coefficient (Wildman–Crippen LogP) is 5.87. The topological polar surface area (TPSA) is 0 Å². The highest BCUT2D eigenvalue weighted by Gasteiger charge is 2.16. The summed E-state index contributed by atoms with van der Waals surface area (Å²) < 4.78 is 0. The average Bonchev–Trinajstić information content (AvgIpc) is 2.94. The molecule has 20 heavy (non-hydrogen) atoms. The average molecular weight is 266 g/mol. The second-order valence-electron chi connectivity index (χ2n) is 5.85. The first-order valence-corrected chi connectivity index (χ1v) is 7.80. The Bertz CT molecular complexity index is 511. The molecule has 1 saturated carbocycles. The van der Waals surface area contributed by atoms with E-state index in [9.17, 15) is 0 Å². The Morgan fingerprint density at radius 2 is 2.05 bits per heavy atom. The summed E-state index contributed by atoms with van der Waals surface area (Å²) in [7, 11) is 0. The van der Waals surface area contributed by atoms with Crippen LogP contribution in [0.15, 0.2) is 49.1 Å². The molecule has 1 aromatic rings. The summed E-state index contributed by atoms with van der Waals surface area (Å²) in [5, 5.41) is 0. The second-order valence-corrected chi connectivity index (χ2v) is 5.85. The lowest BCUT2D eigenvalue weighted by molar-refractivity contribution is 0.545. The summed E-state index contributed by atoms with van der Waals surface area (Å²) in [6, 6.07) is 6.87. The van der Waals surface area contributed by atoms with E-state index in [0.717, 1.165) is 5.92 Å². The van der Waals surface area contributed by atoms with Crippen LogP contribution in [-0.4, -0.2) is 0 Å². The molecule has 0 nitrogen and oxygen atoms in total. The van der Waals surface area contributed by atoms with Crippen LogP contribution in [0.5, 0.6) is 0 Å². The second kappa shape index (κ2) is 7.28. The molecule has 1 fully saturated rings. The van der Waals surface area contributed by atoms with E-state index in [1.54, 1.807) is 0 Å². The van der Waals surface area contributed by atoms with E-state index in [1.807, 2.05) is 6.08 Å². The molecule has 0 unspecified atom stereocenters. The predicted molar refractivity (Wildman–Crippen MR) is 89.8 cm³/mol. The standard InChI is InChI=1S/C20H26/c1-4-8-18(9-5-2)19-13-12-16(3)20(15-19)14-17-10-6-7-11-17/h4-5,8-9,12-13,15,17H,1,6-7,10-11,14H2,2-3H3/b9-5-,18-8+. The van der Waals surface area contributed by atoms with Crippen molar-refractivity contribution in [3.8, 4) is 0 Å². The van der Waals surface area contributed by atoms with E-state index in [1.165, 1.54) is 54.4 Å². The summed E-state index contributed by atoms with van der Waals surface area (Å²) in [5.41, 5.74) is 5.50. The van der Waals surface area contributed by atoms with Gasteiger partial charge in [-0.05, 0) is 48.4 Å². The molecule has 0 heterocycles. The zero-order valence-corrected chi connectivity index (χ0v) is 12.9. The Kier molecular flexibility index (Phi) is 5.40. The fourth-order valence-electron chi connectivity index (χ4n) is 3.15. The van der Waals surface area contributed by atoms with Crippen LogP contribution in [0.1, 0.15) is 49.3 Å². The minimum atomic E-state index is 0.900. The first kappa shape index (κ1) is 14.8. The summed E-state index contributed by atoms with van der Waals surface area (Å²) in [4.78, 5) is 0. The van der Waals surface area contributed by atoms with Gasteiger partial charge in [0.15, 0.2) is 0 Å². The molecule has 0 aliphatic heterocycles. The number of benzene rings is 1. The molecule has 1 aliphatic carbocycles. The van der Waals surface area contributed by atoms with Gasteiger partial charge in [-0.3, -0.25) is 0 Å². The molecule has 0 spiro atoms. The van der Waals surface area contributed by atoms with E-state index in [0.29, 0.717) is 0 Å². The van der Waals surface area contributed by atoms with E-state index in [2.05, 4.69) is 56.9 Å². The van der Waals surface area contributed by atoms with Crippen LogP contribution in [0.3, 0.4) is 0 Å². The molecule has 106 valence electrons. The minimum absolute atomic E-state index is 0.900. The van der Waals surface area contributed by atoms with Gasteiger partial charge in [0.05, 0.1) is 0 Å². The molecule has 0 amide bonds. The minimum Gasteiger partial charge on any atom is -0.0990 e. The molecular formula is C20H26. The zero-order chi connectivity index (χ0) is 14.4. The van der Waals surface area contributed by atoms with Crippen LogP contribution in [-0.2, 0) is 6.42 Å². The summed E-state index contributed by atoms with van der Waals surface area (Å²) >= 11 is 0. The normalized spacial score (nSPS) is 17.0. The lowest BCUT2D eigenvalue weighted by Crippen LogP contribution is -2.01. The van der Waals surface area contributed by atoms with Gasteiger partial charge in [0, 0.05) is 0 Å². The van der Waals surface area contributed by atoms with Crippen molar-refractivity contribution in [2.24, 2.45) is 5.92 Å². The molecule has 0 bridgehead atoms. The molecule has 1 aromatic carbocycles. The van der Waals surface area contributed by atoms with Crippen molar-refractivity contribution in [2.75, 3.05) is 0 Å². The van der Waals surface area contributed by atoms with E-state index in [-0.39, 0.29) is 0 Å². The molecule has 0 atom stereocenters. The van der Waals surface area contributed by atoms with E-state index >= 15 is 0 Å². The van der Waals surface area contributed by atoms with Crippen molar-refractivity contribution < 1.29 is 0 Å². The number of hydrogen-bond donors (Lipinski definition) is 0. The fourth-order valence-corrected chi connectivity index (χ4v) is 3.15. The Morgan fingerprint density at radius 3 is 2.70 bits per heavy atom. The fraction of sp³-hybridized carbons (Fsp3) is 0.400.